The third-order valence-electron chi connectivity index (χ3n) is 2.73. The van der Waals surface area contributed by atoms with Gasteiger partial charge >= 0.3 is 0 Å². The van der Waals surface area contributed by atoms with Crippen molar-refractivity contribution in [2.45, 2.75) is 6.10 Å². The van der Waals surface area contributed by atoms with Crippen molar-refractivity contribution < 1.29 is 14.3 Å². The molecule has 0 spiro atoms. The maximum Gasteiger partial charge on any atom is 0.152 e. The lowest BCUT2D eigenvalue weighted by atomic mass is 10.1. The summed E-state index contributed by atoms with van der Waals surface area (Å²) in [5.41, 5.74) is 1.55. The van der Waals surface area contributed by atoms with Crippen LogP contribution < -0.4 is 4.74 Å². The Hall–Kier alpha value is -1.81. The Morgan fingerprint density at radius 3 is 3.00 bits per heavy atom. The first kappa shape index (κ1) is 9.42. The van der Waals surface area contributed by atoms with Crippen LogP contribution in [0.15, 0.2) is 24.4 Å². The summed E-state index contributed by atoms with van der Waals surface area (Å²) in [4.78, 5) is 13.9. The lowest BCUT2D eigenvalue weighted by Gasteiger charge is -2.27. The van der Waals surface area contributed by atoms with Gasteiger partial charge in [0.15, 0.2) is 6.29 Å². The molecule has 0 radical (unpaired) electrons. The summed E-state index contributed by atoms with van der Waals surface area (Å²) in [5, 5.41) is 0.851. The monoisotopic (exact) mass is 217 g/mol. The molecule has 1 N–H and O–H groups in total. The summed E-state index contributed by atoms with van der Waals surface area (Å²) in [6.45, 7) is 1.24. The average Bonchev–Trinajstić information content (AvgIpc) is 2.67. The van der Waals surface area contributed by atoms with E-state index in [1.54, 1.807) is 6.20 Å². The number of aromatic amines is 1. The Morgan fingerprint density at radius 1 is 1.44 bits per heavy atom. The minimum atomic E-state index is 0.111. The zero-order valence-corrected chi connectivity index (χ0v) is 8.60. The van der Waals surface area contributed by atoms with Gasteiger partial charge in [0.05, 0.1) is 18.6 Å². The van der Waals surface area contributed by atoms with E-state index < -0.39 is 0 Å². The lowest BCUT2D eigenvalue weighted by Crippen LogP contribution is -2.38. The summed E-state index contributed by atoms with van der Waals surface area (Å²) in [6.07, 6.45) is 2.64. The minimum absolute atomic E-state index is 0.111. The first-order valence-corrected chi connectivity index (χ1v) is 5.18. The third kappa shape index (κ3) is 1.39. The van der Waals surface area contributed by atoms with Gasteiger partial charge in [-0.15, -0.1) is 0 Å². The molecule has 4 nitrogen and oxygen atoms in total. The zero-order valence-electron chi connectivity index (χ0n) is 8.60. The normalized spacial score (nSPS) is 16.0. The quantitative estimate of drug-likeness (QED) is 0.797. The van der Waals surface area contributed by atoms with E-state index in [2.05, 4.69) is 4.98 Å². The second-order valence-electron chi connectivity index (χ2n) is 3.82. The number of aromatic nitrogens is 1. The molecule has 0 bridgehead atoms. The number of nitrogens with one attached hydrogen (secondary N) is 1. The molecule has 16 heavy (non-hydrogen) atoms. The maximum absolute atomic E-state index is 10.9. The van der Waals surface area contributed by atoms with E-state index in [0.29, 0.717) is 18.8 Å². The van der Waals surface area contributed by atoms with Crippen LogP contribution in [-0.2, 0) is 4.74 Å². The van der Waals surface area contributed by atoms with Crippen molar-refractivity contribution in [1.29, 1.82) is 0 Å². The smallest absolute Gasteiger partial charge is 0.152 e. The Balaban J connectivity index is 2.06. The molecule has 1 fully saturated rings. The molecule has 1 aromatic heterocycles. The minimum Gasteiger partial charge on any atom is -0.485 e. The fourth-order valence-corrected chi connectivity index (χ4v) is 1.83. The molecule has 0 amide bonds. The van der Waals surface area contributed by atoms with Gasteiger partial charge in [0, 0.05) is 17.3 Å². The molecule has 0 atom stereocenters. The summed E-state index contributed by atoms with van der Waals surface area (Å²) in [6, 6.07) is 5.70. The first-order valence-electron chi connectivity index (χ1n) is 5.18. The Morgan fingerprint density at radius 2 is 2.31 bits per heavy atom. The Bertz CT molecular complexity index is 528. The predicted octanol–water partition coefficient (Wildman–Crippen LogP) is 1.76. The number of hydrogen-bond acceptors (Lipinski definition) is 3. The van der Waals surface area contributed by atoms with Gasteiger partial charge < -0.3 is 14.5 Å². The highest BCUT2D eigenvalue weighted by molar-refractivity contribution is 6.00. The Labute approximate surface area is 92.2 Å². The van der Waals surface area contributed by atoms with Crippen LogP contribution in [0.2, 0.25) is 0 Å². The van der Waals surface area contributed by atoms with Gasteiger partial charge in [0.25, 0.3) is 0 Å². The number of H-pyrrole nitrogens is 1. The number of benzene rings is 1. The fraction of sp³-hybridized carbons (Fsp3) is 0.250. The molecule has 1 saturated heterocycles. The van der Waals surface area contributed by atoms with E-state index in [9.17, 15) is 4.79 Å². The van der Waals surface area contributed by atoms with Crippen molar-refractivity contribution in [3.05, 3.63) is 30.0 Å². The van der Waals surface area contributed by atoms with E-state index in [1.165, 1.54) is 0 Å². The summed E-state index contributed by atoms with van der Waals surface area (Å²) in [5.74, 6) is 0.745. The fourth-order valence-electron chi connectivity index (χ4n) is 1.83. The van der Waals surface area contributed by atoms with Crippen molar-refractivity contribution >= 4 is 17.2 Å². The van der Waals surface area contributed by atoms with Gasteiger partial charge in [0.1, 0.15) is 11.9 Å². The van der Waals surface area contributed by atoms with Crippen LogP contribution in [0.25, 0.3) is 10.9 Å². The van der Waals surface area contributed by atoms with Crippen LogP contribution in [-0.4, -0.2) is 30.6 Å². The third-order valence-corrected chi connectivity index (χ3v) is 2.73. The SMILES string of the molecule is O=Cc1c[nH]c2cccc(OC3COC3)c12. The number of aldehydes is 1. The molecule has 3 rings (SSSR count). The number of hydrogen-bond donors (Lipinski definition) is 1. The van der Waals surface area contributed by atoms with E-state index in [1.807, 2.05) is 18.2 Å². The van der Waals surface area contributed by atoms with Crippen LogP contribution in [0.3, 0.4) is 0 Å². The maximum atomic E-state index is 10.9. The molecule has 0 unspecified atom stereocenters. The standard InChI is InChI=1S/C12H11NO3/c14-5-8-4-13-10-2-1-3-11(12(8)10)16-9-6-15-7-9/h1-5,9,13H,6-7H2. The molecular formula is C12H11NO3. The highest BCUT2D eigenvalue weighted by Gasteiger charge is 2.21. The highest BCUT2D eigenvalue weighted by Crippen LogP contribution is 2.29. The topological polar surface area (TPSA) is 51.3 Å². The number of carbonyl (C=O) groups is 1. The van der Waals surface area contributed by atoms with Crippen molar-refractivity contribution in [2.24, 2.45) is 0 Å². The molecule has 4 heteroatoms. The second-order valence-corrected chi connectivity index (χ2v) is 3.82. The number of carbonyl (C=O) groups excluding carboxylic acids is 1. The van der Waals surface area contributed by atoms with Crippen LogP contribution in [0, 0.1) is 0 Å². The summed E-state index contributed by atoms with van der Waals surface area (Å²) < 4.78 is 10.8. The van der Waals surface area contributed by atoms with Gasteiger partial charge in [-0.1, -0.05) is 6.07 Å². The number of fused-ring (bicyclic) bond motifs is 1. The van der Waals surface area contributed by atoms with Crippen LogP contribution in [0.5, 0.6) is 5.75 Å². The number of rotatable bonds is 3. The first-order chi connectivity index (χ1) is 7.88. The molecule has 1 aliphatic heterocycles. The van der Waals surface area contributed by atoms with E-state index in [0.717, 1.165) is 22.9 Å². The molecule has 2 aromatic rings. The molecule has 1 aromatic carbocycles. The highest BCUT2D eigenvalue weighted by atomic mass is 16.6. The second kappa shape index (κ2) is 3.64. The largest absolute Gasteiger partial charge is 0.485 e. The van der Waals surface area contributed by atoms with E-state index in [4.69, 9.17) is 9.47 Å². The van der Waals surface area contributed by atoms with Gasteiger partial charge in [0.2, 0.25) is 0 Å². The Kier molecular flexibility index (Phi) is 2.15. The molecule has 0 aliphatic carbocycles. The average molecular weight is 217 g/mol. The van der Waals surface area contributed by atoms with E-state index >= 15 is 0 Å². The van der Waals surface area contributed by atoms with Crippen molar-refractivity contribution in [3.63, 3.8) is 0 Å². The lowest BCUT2D eigenvalue weighted by molar-refractivity contribution is -0.0791. The van der Waals surface area contributed by atoms with Gasteiger partial charge in [-0.05, 0) is 12.1 Å². The molecule has 2 heterocycles. The summed E-state index contributed by atoms with van der Waals surface area (Å²) in [7, 11) is 0. The summed E-state index contributed by atoms with van der Waals surface area (Å²) >= 11 is 0. The van der Waals surface area contributed by atoms with Gasteiger partial charge in [-0.2, -0.15) is 0 Å². The molecule has 0 saturated carbocycles. The van der Waals surface area contributed by atoms with Crippen molar-refractivity contribution in [3.8, 4) is 5.75 Å². The molecule has 1 aliphatic rings. The van der Waals surface area contributed by atoms with Crippen LogP contribution >= 0.6 is 0 Å². The molecular weight excluding hydrogens is 206 g/mol. The zero-order chi connectivity index (χ0) is 11.0. The predicted molar refractivity (Wildman–Crippen MR) is 58.9 cm³/mol. The van der Waals surface area contributed by atoms with Crippen LogP contribution in [0.1, 0.15) is 10.4 Å². The van der Waals surface area contributed by atoms with Crippen molar-refractivity contribution in [2.75, 3.05) is 13.2 Å². The van der Waals surface area contributed by atoms with Crippen molar-refractivity contribution in [1.82, 2.24) is 4.98 Å². The van der Waals surface area contributed by atoms with E-state index in [-0.39, 0.29) is 6.10 Å². The molecule has 82 valence electrons. The van der Waals surface area contributed by atoms with Gasteiger partial charge in [-0.3, -0.25) is 4.79 Å². The van der Waals surface area contributed by atoms with Crippen LogP contribution in [0.4, 0.5) is 0 Å². The number of ether oxygens (including phenoxy) is 2. The van der Waals surface area contributed by atoms with Gasteiger partial charge in [-0.25, -0.2) is 0 Å².